The number of hydroxylamine groups is 2. The monoisotopic (exact) mass is 388 g/mol. The van der Waals surface area contributed by atoms with Crippen LogP contribution in [-0.4, -0.2) is 84.3 Å². The van der Waals surface area contributed by atoms with Gasteiger partial charge in [-0.25, -0.2) is 4.79 Å². The van der Waals surface area contributed by atoms with Crippen molar-refractivity contribution < 1.29 is 33.9 Å². The fourth-order valence-corrected chi connectivity index (χ4v) is 2.36. The predicted octanol–water partition coefficient (Wildman–Crippen LogP) is -1.55. The van der Waals surface area contributed by atoms with E-state index in [0.717, 1.165) is 12.8 Å². The Kier molecular flexibility index (Phi) is 10.5. The molecule has 11 heteroatoms. The zero-order valence-corrected chi connectivity index (χ0v) is 15.3. The van der Waals surface area contributed by atoms with Crippen LogP contribution >= 0.6 is 0 Å². The molecule has 2 amide bonds. The number of carboxylic acid groups (broad SMARTS) is 1. The number of nitrogens with two attached hydrogens (primary N) is 2. The van der Waals surface area contributed by atoms with Gasteiger partial charge in [0.1, 0.15) is 6.04 Å². The largest absolute Gasteiger partial charge is 0.480 e. The normalized spacial score (nSPS) is 18.7. The molecule has 0 radical (unpaired) electrons. The highest BCUT2D eigenvalue weighted by Gasteiger charge is 2.33. The highest BCUT2D eigenvalue weighted by Crippen LogP contribution is 2.12. The van der Waals surface area contributed by atoms with Crippen LogP contribution in [0.3, 0.4) is 0 Å². The van der Waals surface area contributed by atoms with E-state index in [1.54, 1.807) is 0 Å². The maximum atomic E-state index is 11.5. The molecule has 0 aliphatic carbocycles. The zero-order chi connectivity index (χ0) is 20.2. The molecule has 5 N–H and O–H groups in total. The molecule has 1 atom stereocenters. The molecule has 27 heavy (non-hydrogen) atoms. The summed E-state index contributed by atoms with van der Waals surface area (Å²) in [4.78, 5) is 50.7. The van der Waals surface area contributed by atoms with Crippen molar-refractivity contribution in [2.24, 2.45) is 11.5 Å². The number of imide groups is 1. The molecule has 2 heterocycles. The minimum atomic E-state index is -0.933. The minimum absolute atomic E-state index is 0.0699. The van der Waals surface area contributed by atoms with E-state index in [1.165, 1.54) is 0 Å². The van der Waals surface area contributed by atoms with Crippen LogP contribution in [0, 0.1) is 0 Å². The van der Waals surface area contributed by atoms with Gasteiger partial charge in [0.15, 0.2) is 0 Å². The van der Waals surface area contributed by atoms with Crippen LogP contribution in [0.4, 0.5) is 0 Å². The Morgan fingerprint density at radius 1 is 1.15 bits per heavy atom. The fourth-order valence-electron chi connectivity index (χ4n) is 2.36. The molecule has 0 aromatic carbocycles. The highest BCUT2D eigenvalue weighted by atomic mass is 16.7. The van der Waals surface area contributed by atoms with Crippen molar-refractivity contribution in [1.82, 2.24) is 9.96 Å². The quantitative estimate of drug-likeness (QED) is 0.327. The first-order valence-electron chi connectivity index (χ1n) is 8.90. The van der Waals surface area contributed by atoms with E-state index >= 15 is 0 Å². The van der Waals surface area contributed by atoms with Crippen LogP contribution in [0.2, 0.25) is 0 Å². The van der Waals surface area contributed by atoms with Gasteiger partial charge >= 0.3 is 11.9 Å². The number of ether oxygens (including phenoxy) is 1. The molecule has 11 nitrogen and oxygen atoms in total. The van der Waals surface area contributed by atoms with Crippen molar-refractivity contribution in [3.05, 3.63) is 0 Å². The lowest BCUT2D eigenvalue weighted by Gasteiger charge is -2.25. The molecule has 0 aromatic heterocycles. The number of rotatable bonds is 8. The number of carboxylic acids is 1. The SMILES string of the molecule is NCCCCC(N)C(=O)O.O=C(CN1CCOCC1)ON1C(=O)CCC1=O. The molecule has 0 bridgehead atoms. The molecule has 2 rings (SSSR count). The summed E-state index contributed by atoms with van der Waals surface area (Å²) in [5.74, 6) is -2.43. The number of carbonyl (C=O) groups is 4. The second-order valence-corrected chi connectivity index (χ2v) is 6.16. The number of hydrogen-bond donors (Lipinski definition) is 3. The van der Waals surface area contributed by atoms with Gasteiger partial charge in [-0.05, 0) is 19.4 Å². The molecule has 2 saturated heterocycles. The second kappa shape index (κ2) is 12.3. The molecule has 2 aliphatic heterocycles. The number of unbranched alkanes of at least 4 members (excludes halogenated alkanes) is 1. The summed E-state index contributed by atoms with van der Waals surface area (Å²) >= 11 is 0. The van der Waals surface area contributed by atoms with Gasteiger partial charge in [0, 0.05) is 25.9 Å². The number of carbonyl (C=O) groups excluding carboxylic acids is 3. The lowest BCUT2D eigenvalue weighted by atomic mass is 10.1. The Balaban J connectivity index is 0.000000314. The van der Waals surface area contributed by atoms with Gasteiger partial charge in [0.25, 0.3) is 11.8 Å². The Bertz CT molecular complexity index is 507. The molecule has 0 spiro atoms. The van der Waals surface area contributed by atoms with Crippen LogP contribution in [0.1, 0.15) is 32.1 Å². The lowest BCUT2D eigenvalue weighted by Crippen LogP contribution is -2.42. The average Bonchev–Trinajstić information content (AvgIpc) is 2.95. The average molecular weight is 388 g/mol. The summed E-state index contributed by atoms with van der Waals surface area (Å²) < 4.78 is 5.14. The third-order valence-electron chi connectivity index (χ3n) is 3.94. The first-order valence-corrected chi connectivity index (χ1v) is 8.90. The molecule has 2 fully saturated rings. The van der Waals surface area contributed by atoms with E-state index in [-0.39, 0.29) is 19.4 Å². The van der Waals surface area contributed by atoms with E-state index in [9.17, 15) is 19.2 Å². The van der Waals surface area contributed by atoms with Crippen LogP contribution in [0.5, 0.6) is 0 Å². The van der Waals surface area contributed by atoms with E-state index in [1.807, 2.05) is 4.90 Å². The molecular weight excluding hydrogens is 360 g/mol. The van der Waals surface area contributed by atoms with Gasteiger partial charge < -0.3 is 26.1 Å². The van der Waals surface area contributed by atoms with Gasteiger partial charge in [-0.1, -0.05) is 6.42 Å². The summed E-state index contributed by atoms with van der Waals surface area (Å²) in [5.41, 5.74) is 10.4. The Morgan fingerprint density at radius 3 is 2.26 bits per heavy atom. The first-order chi connectivity index (χ1) is 12.8. The third kappa shape index (κ3) is 8.91. The summed E-state index contributed by atoms with van der Waals surface area (Å²) in [7, 11) is 0. The maximum Gasteiger partial charge on any atom is 0.347 e. The summed E-state index contributed by atoms with van der Waals surface area (Å²) in [6, 6.07) is -0.716. The predicted molar refractivity (Wildman–Crippen MR) is 93.0 cm³/mol. The highest BCUT2D eigenvalue weighted by molar-refractivity contribution is 6.01. The molecule has 1 unspecified atom stereocenters. The van der Waals surface area contributed by atoms with E-state index in [0.29, 0.717) is 44.3 Å². The third-order valence-corrected chi connectivity index (χ3v) is 3.94. The van der Waals surface area contributed by atoms with Gasteiger partial charge in [-0.15, -0.1) is 5.06 Å². The number of nitrogens with zero attached hydrogens (tertiary/aromatic N) is 2. The van der Waals surface area contributed by atoms with Crippen molar-refractivity contribution in [1.29, 1.82) is 0 Å². The standard InChI is InChI=1S/C10H14N2O5.C6H14N2O2/c13-8-1-2-9(14)12(8)17-10(15)7-11-3-5-16-6-4-11;7-4-2-1-3-5(8)6(9)10/h1-7H2;5H,1-4,7-8H2,(H,9,10). The number of aliphatic carboxylic acids is 1. The van der Waals surface area contributed by atoms with E-state index in [2.05, 4.69) is 0 Å². The van der Waals surface area contributed by atoms with Crippen LogP contribution < -0.4 is 11.5 Å². The Morgan fingerprint density at radius 2 is 1.74 bits per heavy atom. The molecule has 0 aromatic rings. The number of amides is 2. The van der Waals surface area contributed by atoms with Crippen molar-refractivity contribution >= 4 is 23.8 Å². The van der Waals surface area contributed by atoms with E-state index < -0.39 is 29.8 Å². The van der Waals surface area contributed by atoms with Crippen LogP contribution in [-0.2, 0) is 28.8 Å². The topological polar surface area (TPSA) is 165 Å². The lowest BCUT2D eigenvalue weighted by molar-refractivity contribution is -0.198. The fraction of sp³-hybridized carbons (Fsp3) is 0.750. The number of morpholine rings is 1. The Hall–Kier alpha value is -2.08. The number of hydrogen-bond acceptors (Lipinski definition) is 9. The summed E-state index contributed by atoms with van der Waals surface area (Å²) in [6.07, 6.45) is 2.39. The van der Waals surface area contributed by atoms with Gasteiger partial charge in [0.05, 0.1) is 19.8 Å². The summed E-state index contributed by atoms with van der Waals surface area (Å²) in [6.45, 7) is 3.13. The minimum Gasteiger partial charge on any atom is -0.480 e. The van der Waals surface area contributed by atoms with Gasteiger partial charge in [-0.2, -0.15) is 0 Å². The zero-order valence-electron chi connectivity index (χ0n) is 15.3. The van der Waals surface area contributed by atoms with Crippen molar-refractivity contribution in [2.45, 2.75) is 38.1 Å². The smallest absolute Gasteiger partial charge is 0.347 e. The van der Waals surface area contributed by atoms with Crippen LogP contribution in [0.25, 0.3) is 0 Å². The van der Waals surface area contributed by atoms with Crippen molar-refractivity contribution in [3.8, 4) is 0 Å². The van der Waals surface area contributed by atoms with Crippen molar-refractivity contribution in [3.63, 3.8) is 0 Å². The van der Waals surface area contributed by atoms with Crippen LogP contribution in [0.15, 0.2) is 0 Å². The molecule has 0 saturated carbocycles. The van der Waals surface area contributed by atoms with Crippen molar-refractivity contribution in [2.75, 3.05) is 39.4 Å². The first kappa shape index (κ1) is 23.0. The summed E-state index contributed by atoms with van der Waals surface area (Å²) in [5, 5.41) is 8.90. The van der Waals surface area contributed by atoms with E-state index in [4.69, 9.17) is 26.1 Å². The Labute approximate surface area is 157 Å². The van der Waals surface area contributed by atoms with Gasteiger partial charge in [0.2, 0.25) is 0 Å². The second-order valence-electron chi connectivity index (χ2n) is 6.16. The molecule has 154 valence electrons. The maximum absolute atomic E-state index is 11.5. The molecule has 2 aliphatic rings. The molecular formula is C16H28N4O7. The van der Waals surface area contributed by atoms with Gasteiger partial charge in [-0.3, -0.25) is 19.3 Å².